The summed E-state index contributed by atoms with van der Waals surface area (Å²) >= 11 is 0. The number of pyridine rings is 1. The van der Waals surface area contributed by atoms with Gasteiger partial charge in [-0.05, 0) is 36.1 Å². The van der Waals surface area contributed by atoms with Crippen molar-refractivity contribution in [3.05, 3.63) is 66.1 Å². The Morgan fingerprint density at radius 3 is 2.70 bits per heavy atom. The van der Waals surface area contributed by atoms with E-state index >= 15 is 0 Å². The van der Waals surface area contributed by atoms with E-state index in [9.17, 15) is 10.0 Å². The van der Waals surface area contributed by atoms with Crippen molar-refractivity contribution >= 4 is 16.9 Å². The van der Waals surface area contributed by atoms with Crippen LogP contribution in [0.2, 0.25) is 0 Å². The van der Waals surface area contributed by atoms with Crippen LogP contribution < -0.4 is 5.73 Å². The molecule has 0 unspecified atom stereocenters. The van der Waals surface area contributed by atoms with Crippen molar-refractivity contribution < 1.29 is 10.0 Å². The van der Waals surface area contributed by atoms with Crippen LogP contribution in [-0.2, 0) is 13.0 Å². The number of carbonyl (C=O) groups is 1. The van der Waals surface area contributed by atoms with Crippen LogP contribution in [0.25, 0.3) is 10.9 Å². The Hall–Kier alpha value is -2.86. The molecular weight excluding hydrogens is 340 g/mol. The Kier molecular flexibility index (Phi) is 6.44. The number of benzene rings is 1. The topological polar surface area (TPSA) is 84.4 Å². The number of nitrogens with two attached hydrogens (primary N) is 1. The van der Waals surface area contributed by atoms with Crippen LogP contribution in [-0.4, -0.2) is 32.4 Å². The molecule has 3 rings (SSSR count). The van der Waals surface area contributed by atoms with E-state index in [2.05, 4.69) is 46.1 Å². The fraction of sp³-hybridized carbons (Fsp3) is 0.333. The summed E-state index contributed by atoms with van der Waals surface area (Å²) in [6, 6.07) is 11.8. The molecule has 0 saturated heterocycles. The molecule has 1 aromatic carbocycles. The average molecular weight is 366 g/mol. The van der Waals surface area contributed by atoms with E-state index in [-0.39, 0.29) is 6.54 Å². The van der Waals surface area contributed by atoms with Crippen LogP contribution in [0.3, 0.4) is 0 Å². The molecule has 27 heavy (non-hydrogen) atoms. The fourth-order valence-electron chi connectivity index (χ4n) is 3.38. The summed E-state index contributed by atoms with van der Waals surface area (Å²) in [6.07, 6.45) is 10.6. The molecule has 3 N–H and O–H groups in total. The number of carbonyl (C=O) groups excluding carboxylic acids is 1. The van der Waals surface area contributed by atoms with Gasteiger partial charge in [-0.1, -0.05) is 37.1 Å². The number of aryl methyl sites for hydroxylation is 1. The molecule has 0 radical (unpaired) electrons. The minimum atomic E-state index is -0.796. The maximum Gasteiger partial charge on any atom is 0.338 e. The summed E-state index contributed by atoms with van der Waals surface area (Å²) in [5, 5.41) is 11.1. The van der Waals surface area contributed by atoms with E-state index < -0.39 is 6.03 Å². The summed E-state index contributed by atoms with van der Waals surface area (Å²) in [6.45, 7) is 1.24. The lowest BCUT2D eigenvalue weighted by Crippen LogP contribution is -2.33. The molecule has 6 nitrogen and oxygen atoms in total. The lowest BCUT2D eigenvalue weighted by atomic mass is 10.1. The van der Waals surface area contributed by atoms with Crippen LogP contribution in [0.5, 0.6) is 0 Å². The molecule has 2 amide bonds. The van der Waals surface area contributed by atoms with Crippen LogP contribution in [0.1, 0.15) is 36.8 Å². The highest BCUT2D eigenvalue weighted by Gasteiger charge is 2.09. The standard InChI is InChI=1S/C21H26N4O2/c22-21(26)25(27)13-6-2-1-5-12-24-16-18(14-17-8-7-11-23-15-17)19-9-3-4-10-20(19)24/h3-4,7-11,15-16,27H,1-2,5-6,12-14H2,(H2,22,26). The number of urea groups is 1. The number of para-hydroxylation sites is 1. The first kappa shape index (κ1) is 18.9. The zero-order valence-corrected chi connectivity index (χ0v) is 15.4. The minimum Gasteiger partial charge on any atom is -0.350 e. The molecule has 2 heterocycles. The van der Waals surface area contributed by atoms with Gasteiger partial charge in [-0.2, -0.15) is 0 Å². The maximum absolute atomic E-state index is 10.8. The van der Waals surface area contributed by atoms with Gasteiger partial charge >= 0.3 is 6.03 Å². The second kappa shape index (κ2) is 9.19. The monoisotopic (exact) mass is 366 g/mol. The van der Waals surface area contributed by atoms with E-state index in [4.69, 9.17) is 5.73 Å². The summed E-state index contributed by atoms with van der Waals surface area (Å²) in [7, 11) is 0. The highest BCUT2D eigenvalue weighted by Crippen LogP contribution is 2.24. The lowest BCUT2D eigenvalue weighted by molar-refractivity contribution is -0.0403. The number of nitrogens with zero attached hydrogens (tertiary/aromatic N) is 3. The summed E-state index contributed by atoms with van der Waals surface area (Å²) < 4.78 is 2.32. The van der Waals surface area contributed by atoms with Gasteiger partial charge in [-0.25, -0.2) is 9.86 Å². The molecular formula is C21H26N4O2. The number of aromatic nitrogens is 2. The molecule has 0 aliphatic heterocycles. The van der Waals surface area contributed by atoms with E-state index in [1.54, 1.807) is 6.20 Å². The van der Waals surface area contributed by atoms with Crippen molar-refractivity contribution in [3.63, 3.8) is 0 Å². The Morgan fingerprint density at radius 1 is 1.11 bits per heavy atom. The molecule has 0 aliphatic rings. The molecule has 6 heteroatoms. The molecule has 0 spiro atoms. The van der Waals surface area contributed by atoms with E-state index in [0.717, 1.165) is 38.6 Å². The third-order valence-corrected chi connectivity index (χ3v) is 4.76. The molecule has 3 aromatic rings. The molecule has 142 valence electrons. The third kappa shape index (κ3) is 5.08. The molecule has 0 aliphatic carbocycles. The second-order valence-corrected chi connectivity index (χ2v) is 6.78. The van der Waals surface area contributed by atoms with Gasteiger partial charge in [0.25, 0.3) is 0 Å². The Balaban J connectivity index is 1.58. The number of hydroxylamine groups is 2. The van der Waals surface area contributed by atoms with Gasteiger partial charge in [0.1, 0.15) is 0 Å². The molecule has 0 bridgehead atoms. The second-order valence-electron chi connectivity index (χ2n) is 6.78. The maximum atomic E-state index is 10.8. The van der Waals surface area contributed by atoms with E-state index in [1.165, 1.54) is 22.0 Å². The quantitative estimate of drug-likeness (QED) is 0.341. The van der Waals surface area contributed by atoms with Gasteiger partial charge < -0.3 is 10.3 Å². The largest absolute Gasteiger partial charge is 0.350 e. The van der Waals surface area contributed by atoms with Crippen molar-refractivity contribution in [1.82, 2.24) is 14.6 Å². The van der Waals surface area contributed by atoms with Crippen molar-refractivity contribution in [1.29, 1.82) is 0 Å². The van der Waals surface area contributed by atoms with Gasteiger partial charge in [0.05, 0.1) is 6.54 Å². The lowest BCUT2D eigenvalue weighted by Gasteiger charge is -2.11. The first-order valence-electron chi connectivity index (χ1n) is 9.36. The van der Waals surface area contributed by atoms with Crippen LogP contribution in [0.15, 0.2) is 55.0 Å². The summed E-state index contributed by atoms with van der Waals surface area (Å²) in [5.41, 5.74) is 8.78. The van der Waals surface area contributed by atoms with Gasteiger partial charge in [0.2, 0.25) is 0 Å². The Labute approximate surface area is 159 Å². The number of hydrogen-bond acceptors (Lipinski definition) is 3. The normalized spacial score (nSPS) is 11.0. The Morgan fingerprint density at radius 2 is 1.93 bits per heavy atom. The molecule has 0 fully saturated rings. The van der Waals surface area contributed by atoms with Crippen molar-refractivity contribution in [2.24, 2.45) is 5.73 Å². The van der Waals surface area contributed by atoms with E-state index in [0.29, 0.717) is 5.06 Å². The minimum absolute atomic E-state index is 0.289. The summed E-state index contributed by atoms with van der Waals surface area (Å²) in [4.78, 5) is 15.0. The predicted octanol–water partition coefficient (Wildman–Crippen LogP) is 3.96. The number of hydrogen-bond donors (Lipinski definition) is 2. The number of fused-ring (bicyclic) bond motifs is 1. The van der Waals surface area contributed by atoms with Crippen LogP contribution in [0, 0.1) is 0 Å². The van der Waals surface area contributed by atoms with Crippen molar-refractivity contribution in [3.8, 4) is 0 Å². The van der Waals surface area contributed by atoms with Gasteiger partial charge in [0.15, 0.2) is 0 Å². The van der Waals surface area contributed by atoms with Crippen LogP contribution in [0.4, 0.5) is 4.79 Å². The number of amides is 2. The summed E-state index contributed by atoms with van der Waals surface area (Å²) in [5.74, 6) is 0. The first-order valence-corrected chi connectivity index (χ1v) is 9.36. The number of rotatable bonds is 9. The molecule has 0 saturated carbocycles. The highest BCUT2D eigenvalue weighted by molar-refractivity contribution is 5.84. The first-order chi connectivity index (χ1) is 13.1. The molecule has 2 aromatic heterocycles. The van der Waals surface area contributed by atoms with Gasteiger partial charge in [-0.15, -0.1) is 0 Å². The SMILES string of the molecule is NC(=O)N(O)CCCCCCn1cc(Cc2cccnc2)c2ccccc21. The fourth-order valence-corrected chi connectivity index (χ4v) is 3.38. The Bertz CT molecular complexity index is 876. The molecule has 0 atom stereocenters. The zero-order valence-electron chi connectivity index (χ0n) is 15.4. The van der Waals surface area contributed by atoms with Crippen molar-refractivity contribution in [2.45, 2.75) is 38.6 Å². The average Bonchev–Trinajstić information content (AvgIpc) is 3.03. The van der Waals surface area contributed by atoms with Crippen LogP contribution >= 0.6 is 0 Å². The highest BCUT2D eigenvalue weighted by atomic mass is 16.5. The number of primary amides is 1. The van der Waals surface area contributed by atoms with Crippen molar-refractivity contribution in [2.75, 3.05) is 6.54 Å². The van der Waals surface area contributed by atoms with Gasteiger partial charge in [0, 0.05) is 42.5 Å². The smallest absolute Gasteiger partial charge is 0.338 e. The van der Waals surface area contributed by atoms with E-state index in [1.807, 2.05) is 12.3 Å². The predicted molar refractivity (Wildman–Crippen MR) is 106 cm³/mol. The zero-order chi connectivity index (χ0) is 19.1. The third-order valence-electron chi connectivity index (χ3n) is 4.76. The van der Waals surface area contributed by atoms with Gasteiger partial charge in [-0.3, -0.25) is 10.2 Å². The number of unbranched alkanes of at least 4 members (excludes halogenated alkanes) is 3.